The van der Waals surface area contributed by atoms with E-state index in [1.165, 1.54) is 5.56 Å². The summed E-state index contributed by atoms with van der Waals surface area (Å²) in [6, 6.07) is 7.97. The molecule has 5 heteroatoms. The van der Waals surface area contributed by atoms with Crippen molar-refractivity contribution in [2.24, 2.45) is 0 Å². The van der Waals surface area contributed by atoms with E-state index in [0.29, 0.717) is 5.33 Å². The van der Waals surface area contributed by atoms with Gasteiger partial charge in [0.1, 0.15) is 6.61 Å². The van der Waals surface area contributed by atoms with E-state index in [9.17, 15) is 13.2 Å². The third-order valence-corrected chi connectivity index (χ3v) is 4.66. The zero-order valence-corrected chi connectivity index (χ0v) is 12.1. The van der Waals surface area contributed by atoms with Crippen LogP contribution in [-0.2, 0) is 16.6 Å². The van der Waals surface area contributed by atoms with Gasteiger partial charge in [0, 0.05) is 10.7 Å². The van der Waals surface area contributed by atoms with Crippen molar-refractivity contribution in [1.29, 1.82) is 0 Å². The maximum absolute atomic E-state index is 12.2. The van der Waals surface area contributed by atoms with Crippen LogP contribution in [0.1, 0.15) is 24.0 Å². The molecule has 1 aromatic carbocycles. The molecular weight excluding hydrogens is 321 g/mol. The van der Waals surface area contributed by atoms with E-state index in [1.54, 1.807) is 0 Å². The Morgan fingerprint density at radius 1 is 1.26 bits per heavy atom. The number of alkyl halides is 4. The first-order chi connectivity index (χ1) is 8.97. The van der Waals surface area contributed by atoms with E-state index in [2.05, 4.69) is 22.0 Å². The molecule has 106 valence electrons. The summed E-state index contributed by atoms with van der Waals surface area (Å²) in [6.07, 6.45) is -1.43. The van der Waals surface area contributed by atoms with Crippen molar-refractivity contribution >= 4 is 15.9 Å². The van der Waals surface area contributed by atoms with E-state index in [1.807, 2.05) is 18.2 Å². The van der Waals surface area contributed by atoms with Gasteiger partial charge in [-0.1, -0.05) is 40.2 Å². The minimum atomic E-state index is -4.26. The maximum atomic E-state index is 12.2. The lowest BCUT2D eigenvalue weighted by Gasteiger charge is -2.37. The first kappa shape index (κ1) is 14.9. The van der Waals surface area contributed by atoms with Crippen LogP contribution in [0.15, 0.2) is 24.3 Å². The second kappa shape index (κ2) is 5.83. The van der Waals surface area contributed by atoms with Gasteiger partial charge in [0.15, 0.2) is 0 Å². The average Bonchev–Trinajstić information content (AvgIpc) is 2.37. The molecular formula is C14H16BrF3O. The van der Waals surface area contributed by atoms with E-state index in [-0.39, 0.29) is 12.0 Å². The summed E-state index contributed by atoms with van der Waals surface area (Å²) in [5.74, 6) is 0. The molecule has 0 aliphatic heterocycles. The Balaban J connectivity index is 2.15. The molecule has 0 saturated carbocycles. The highest BCUT2D eigenvalue weighted by molar-refractivity contribution is 9.09. The molecule has 1 aliphatic carbocycles. The molecule has 1 aromatic rings. The molecule has 0 N–H and O–H groups in total. The van der Waals surface area contributed by atoms with Gasteiger partial charge in [-0.05, 0) is 30.4 Å². The number of hydrogen-bond acceptors (Lipinski definition) is 1. The molecule has 0 spiro atoms. The molecule has 1 nitrogen and oxygen atoms in total. The topological polar surface area (TPSA) is 9.23 Å². The fourth-order valence-electron chi connectivity index (χ4n) is 2.70. The number of aryl methyl sites for hydroxylation is 1. The molecule has 0 bridgehead atoms. The minimum absolute atomic E-state index is 0.106. The van der Waals surface area contributed by atoms with E-state index < -0.39 is 12.8 Å². The number of benzene rings is 1. The predicted octanol–water partition coefficient (Wildman–Crippen LogP) is 4.23. The lowest BCUT2D eigenvalue weighted by Crippen LogP contribution is -2.38. The Hall–Kier alpha value is -0.550. The van der Waals surface area contributed by atoms with Crippen LogP contribution in [0.5, 0.6) is 0 Å². The Labute approximate surface area is 119 Å². The van der Waals surface area contributed by atoms with Crippen LogP contribution in [-0.4, -0.2) is 24.7 Å². The molecule has 0 amide bonds. The summed E-state index contributed by atoms with van der Waals surface area (Å²) in [4.78, 5) is 0. The van der Waals surface area contributed by atoms with Gasteiger partial charge in [-0.2, -0.15) is 13.2 Å². The molecule has 2 rings (SSSR count). The van der Waals surface area contributed by atoms with Crippen LogP contribution in [0, 0.1) is 0 Å². The highest BCUT2D eigenvalue weighted by Gasteiger charge is 2.37. The monoisotopic (exact) mass is 336 g/mol. The highest BCUT2D eigenvalue weighted by Crippen LogP contribution is 2.39. The van der Waals surface area contributed by atoms with Gasteiger partial charge in [0.25, 0.3) is 0 Å². The smallest absolute Gasteiger partial charge is 0.371 e. The summed E-state index contributed by atoms with van der Waals surface area (Å²) in [5, 5.41) is 0.620. The number of ether oxygens (including phenoxy) is 1. The zero-order valence-electron chi connectivity index (χ0n) is 10.5. The molecule has 0 fully saturated rings. The van der Waals surface area contributed by atoms with Gasteiger partial charge in [0.05, 0.1) is 6.61 Å². The van der Waals surface area contributed by atoms with Gasteiger partial charge in [-0.15, -0.1) is 0 Å². The molecule has 0 saturated heterocycles. The van der Waals surface area contributed by atoms with Crippen molar-refractivity contribution in [2.45, 2.75) is 30.9 Å². The molecule has 0 aromatic heterocycles. The third-order valence-electron chi connectivity index (χ3n) is 3.59. The summed E-state index contributed by atoms with van der Waals surface area (Å²) >= 11 is 3.46. The quantitative estimate of drug-likeness (QED) is 0.747. The van der Waals surface area contributed by atoms with Crippen LogP contribution < -0.4 is 0 Å². The predicted molar refractivity (Wildman–Crippen MR) is 71.7 cm³/mol. The number of rotatable bonds is 4. The van der Waals surface area contributed by atoms with Gasteiger partial charge in [-0.25, -0.2) is 0 Å². The van der Waals surface area contributed by atoms with Gasteiger partial charge in [-0.3, -0.25) is 0 Å². The molecule has 1 unspecified atom stereocenters. The van der Waals surface area contributed by atoms with Crippen molar-refractivity contribution in [3.63, 3.8) is 0 Å². The Kier molecular flexibility index (Phi) is 4.56. The SMILES string of the molecule is FC(F)(F)COCC1(CBr)CCCc2ccccc21. The highest BCUT2D eigenvalue weighted by atomic mass is 79.9. The number of halogens is 4. The first-order valence-electron chi connectivity index (χ1n) is 6.26. The van der Waals surface area contributed by atoms with Crippen molar-refractivity contribution in [3.05, 3.63) is 35.4 Å². The average molecular weight is 337 g/mol. The molecule has 1 aliphatic rings. The summed E-state index contributed by atoms with van der Waals surface area (Å²) in [5.41, 5.74) is 2.02. The van der Waals surface area contributed by atoms with E-state index in [4.69, 9.17) is 4.74 Å². The molecule has 0 radical (unpaired) electrons. The fraction of sp³-hybridized carbons (Fsp3) is 0.571. The first-order valence-corrected chi connectivity index (χ1v) is 7.38. The Morgan fingerprint density at radius 2 is 2.00 bits per heavy atom. The van der Waals surface area contributed by atoms with Crippen LogP contribution in [0.3, 0.4) is 0 Å². The van der Waals surface area contributed by atoms with E-state index in [0.717, 1.165) is 24.8 Å². The van der Waals surface area contributed by atoms with Gasteiger partial charge >= 0.3 is 6.18 Å². The molecule has 19 heavy (non-hydrogen) atoms. The normalized spacial score (nSPS) is 23.2. The standard InChI is InChI=1S/C14H16BrF3O/c15-8-13(9-19-10-14(16,17)18)7-3-5-11-4-1-2-6-12(11)13/h1-2,4,6H,3,5,7-10H2. The lowest BCUT2D eigenvalue weighted by atomic mass is 9.72. The van der Waals surface area contributed by atoms with E-state index >= 15 is 0 Å². The summed E-state index contributed by atoms with van der Waals surface area (Å²) in [6.45, 7) is -1.07. The molecule has 0 heterocycles. The summed E-state index contributed by atoms with van der Waals surface area (Å²) < 4.78 is 41.5. The maximum Gasteiger partial charge on any atom is 0.411 e. The summed E-state index contributed by atoms with van der Waals surface area (Å²) in [7, 11) is 0. The van der Waals surface area contributed by atoms with Gasteiger partial charge in [0.2, 0.25) is 0 Å². The number of hydrogen-bond donors (Lipinski definition) is 0. The Bertz CT molecular complexity index is 433. The second-order valence-corrected chi connectivity index (χ2v) is 5.59. The van der Waals surface area contributed by atoms with Crippen molar-refractivity contribution in [3.8, 4) is 0 Å². The van der Waals surface area contributed by atoms with Crippen molar-refractivity contribution in [2.75, 3.05) is 18.5 Å². The molecule has 1 atom stereocenters. The van der Waals surface area contributed by atoms with Gasteiger partial charge < -0.3 is 4.74 Å². The minimum Gasteiger partial charge on any atom is -0.371 e. The largest absolute Gasteiger partial charge is 0.411 e. The van der Waals surface area contributed by atoms with Crippen LogP contribution in [0.2, 0.25) is 0 Å². The van der Waals surface area contributed by atoms with Crippen molar-refractivity contribution in [1.82, 2.24) is 0 Å². The van der Waals surface area contributed by atoms with Crippen molar-refractivity contribution < 1.29 is 17.9 Å². The number of fused-ring (bicyclic) bond motifs is 1. The second-order valence-electron chi connectivity index (χ2n) is 5.03. The van der Waals surface area contributed by atoms with Crippen LogP contribution >= 0.6 is 15.9 Å². The van der Waals surface area contributed by atoms with Crippen LogP contribution in [0.4, 0.5) is 13.2 Å². The zero-order chi connectivity index (χ0) is 13.9. The fourth-order valence-corrected chi connectivity index (χ4v) is 3.44. The lowest BCUT2D eigenvalue weighted by molar-refractivity contribution is -0.177. The van der Waals surface area contributed by atoms with Crippen LogP contribution in [0.25, 0.3) is 0 Å². The Morgan fingerprint density at radius 3 is 2.68 bits per heavy atom. The third kappa shape index (κ3) is 3.51.